The predicted molar refractivity (Wildman–Crippen MR) is 40.2 cm³/mol. The van der Waals surface area contributed by atoms with Gasteiger partial charge in [0.2, 0.25) is 0 Å². The minimum absolute atomic E-state index is 0.0382. The zero-order valence-electron chi connectivity index (χ0n) is 5.72. The Balaban J connectivity index is 3.24. The fourth-order valence-corrected chi connectivity index (χ4v) is 0.958. The SMILES string of the molecule is O=c1[nH]c(=O)c2[nH][nH]c(=O)c2[nH]1. The van der Waals surface area contributed by atoms with Gasteiger partial charge in [-0.2, -0.15) is 0 Å². The fraction of sp³-hybridized carbons (Fsp3) is 0. The molecule has 0 aliphatic carbocycles. The van der Waals surface area contributed by atoms with E-state index >= 15 is 0 Å². The summed E-state index contributed by atoms with van der Waals surface area (Å²) in [4.78, 5) is 36.7. The second-order valence-corrected chi connectivity index (χ2v) is 2.24. The van der Waals surface area contributed by atoms with Crippen LogP contribution in [0, 0.1) is 0 Å². The van der Waals surface area contributed by atoms with Crippen LogP contribution in [0.1, 0.15) is 0 Å². The van der Waals surface area contributed by atoms with Crippen molar-refractivity contribution in [3.8, 4) is 0 Å². The highest BCUT2D eigenvalue weighted by molar-refractivity contribution is 5.70. The molecule has 2 aromatic rings. The molecule has 2 aromatic heterocycles. The molecule has 0 bridgehead atoms. The van der Waals surface area contributed by atoms with Gasteiger partial charge < -0.3 is 4.98 Å². The van der Waals surface area contributed by atoms with Crippen molar-refractivity contribution in [2.45, 2.75) is 0 Å². The summed E-state index contributed by atoms with van der Waals surface area (Å²) in [5.74, 6) is 0. The van der Waals surface area contributed by atoms with Crippen LogP contribution >= 0.6 is 0 Å². The number of hydrogen-bond donors (Lipinski definition) is 4. The lowest BCUT2D eigenvalue weighted by Gasteiger charge is -1.83. The van der Waals surface area contributed by atoms with Crippen LogP contribution in [0.2, 0.25) is 0 Å². The van der Waals surface area contributed by atoms with Crippen molar-refractivity contribution in [3.05, 3.63) is 31.2 Å². The summed E-state index contributed by atoms with van der Waals surface area (Å²) < 4.78 is 0. The van der Waals surface area contributed by atoms with Gasteiger partial charge in [0.15, 0.2) is 0 Å². The van der Waals surface area contributed by atoms with E-state index in [1.807, 2.05) is 4.98 Å². The minimum Gasteiger partial charge on any atom is -0.301 e. The van der Waals surface area contributed by atoms with Crippen LogP contribution in [-0.4, -0.2) is 20.2 Å². The second-order valence-electron chi connectivity index (χ2n) is 2.24. The van der Waals surface area contributed by atoms with Crippen LogP contribution in [0.5, 0.6) is 0 Å². The maximum absolute atomic E-state index is 10.9. The fourth-order valence-electron chi connectivity index (χ4n) is 0.958. The molecule has 0 saturated carbocycles. The van der Waals surface area contributed by atoms with Gasteiger partial charge in [0.05, 0.1) is 0 Å². The van der Waals surface area contributed by atoms with Gasteiger partial charge in [-0.3, -0.25) is 24.8 Å². The highest BCUT2D eigenvalue weighted by atomic mass is 16.2. The first-order valence-electron chi connectivity index (χ1n) is 3.11. The first kappa shape index (κ1) is 6.65. The molecule has 0 saturated heterocycles. The molecule has 0 spiro atoms. The average Bonchev–Trinajstić information content (AvgIpc) is 2.33. The largest absolute Gasteiger partial charge is 0.326 e. The van der Waals surface area contributed by atoms with E-state index in [0.717, 1.165) is 0 Å². The summed E-state index contributed by atoms with van der Waals surface area (Å²) in [7, 11) is 0. The quantitative estimate of drug-likeness (QED) is 0.373. The highest BCUT2D eigenvalue weighted by Crippen LogP contribution is 1.88. The maximum atomic E-state index is 10.9. The van der Waals surface area contributed by atoms with Gasteiger partial charge in [-0.15, -0.1) is 0 Å². The van der Waals surface area contributed by atoms with Crippen LogP contribution in [-0.2, 0) is 0 Å². The van der Waals surface area contributed by atoms with E-state index in [9.17, 15) is 14.4 Å². The Kier molecular flexibility index (Phi) is 1.09. The molecular weight excluding hydrogens is 164 g/mol. The third kappa shape index (κ3) is 0.729. The topological polar surface area (TPSA) is 114 Å². The molecule has 4 N–H and O–H groups in total. The molecule has 2 rings (SSSR count). The summed E-state index contributed by atoms with van der Waals surface area (Å²) >= 11 is 0. The number of H-pyrrole nitrogens is 4. The van der Waals surface area contributed by atoms with Gasteiger partial charge in [0.1, 0.15) is 11.0 Å². The maximum Gasteiger partial charge on any atom is 0.326 e. The Hall–Kier alpha value is -2.05. The van der Waals surface area contributed by atoms with Crippen LogP contribution in [0.4, 0.5) is 0 Å². The average molecular weight is 168 g/mol. The molecule has 0 aliphatic rings. The summed E-state index contributed by atoms with van der Waals surface area (Å²) in [6.45, 7) is 0. The Labute approximate surface area is 63.4 Å². The predicted octanol–water partition coefficient (Wildman–Crippen LogP) is -1.77. The highest BCUT2D eigenvalue weighted by Gasteiger charge is 2.04. The third-order valence-electron chi connectivity index (χ3n) is 1.47. The van der Waals surface area contributed by atoms with E-state index in [4.69, 9.17) is 0 Å². The van der Waals surface area contributed by atoms with Crippen molar-refractivity contribution in [1.82, 2.24) is 20.2 Å². The Morgan fingerprint density at radius 2 is 1.50 bits per heavy atom. The molecule has 0 amide bonds. The van der Waals surface area contributed by atoms with Gasteiger partial charge in [0, 0.05) is 0 Å². The van der Waals surface area contributed by atoms with E-state index in [0.29, 0.717) is 0 Å². The lowest BCUT2D eigenvalue weighted by atomic mass is 10.5. The monoisotopic (exact) mass is 168 g/mol. The molecule has 0 aromatic carbocycles. The smallest absolute Gasteiger partial charge is 0.301 e. The number of aromatic nitrogens is 4. The zero-order chi connectivity index (χ0) is 8.72. The molecular formula is C5H4N4O3. The van der Waals surface area contributed by atoms with Crippen molar-refractivity contribution in [1.29, 1.82) is 0 Å². The standard InChI is InChI=1S/C5H4N4O3/c10-3-2-1(4(11)9-8-2)6-5(12)7-3/h(H2,8,9,11)(H2,6,7,10,12). The van der Waals surface area contributed by atoms with Gasteiger partial charge in [-0.25, -0.2) is 4.79 Å². The summed E-state index contributed by atoms with van der Waals surface area (Å²) in [5, 5.41) is 4.51. The summed E-state index contributed by atoms with van der Waals surface area (Å²) in [6, 6.07) is 0. The molecule has 62 valence electrons. The van der Waals surface area contributed by atoms with Crippen LogP contribution in [0.25, 0.3) is 11.0 Å². The van der Waals surface area contributed by atoms with Gasteiger partial charge in [-0.05, 0) is 0 Å². The number of hydrogen-bond acceptors (Lipinski definition) is 3. The number of nitrogens with one attached hydrogen (secondary N) is 4. The molecule has 0 unspecified atom stereocenters. The van der Waals surface area contributed by atoms with Crippen molar-refractivity contribution in [2.75, 3.05) is 0 Å². The Morgan fingerprint density at radius 1 is 0.750 bits per heavy atom. The number of aromatic amines is 4. The van der Waals surface area contributed by atoms with Crippen molar-refractivity contribution in [2.24, 2.45) is 0 Å². The third-order valence-corrected chi connectivity index (χ3v) is 1.47. The Morgan fingerprint density at radius 3 is 2.25 bits per heavy atom. The van der Waals surface area contributed by atoms with Crippen molar-refractivity contribution in [3.63, 3.8) is 0 Å². The molecule has 7 heteroatoms. The number of rotatable bonds is 0. The lowest BCUT2D eigenvalue weighted by Crippen LogP contribution is -2.23. The van der Waals surface area contributed by atoms with E-state index < -0.39 is 16.8 Å². The second kappa shape index (κ2) is 1.97. The molecule has 0 aliphatic heterocycles. The van der Waals surface area contributed by atoms with Crippen molar-refractivity contribution < 1.29 is 0 Å². The van der Waals surface area contributed by atoms with E-state index in [-0.39, 0.29) is 11.0 Å². The van der Waals surface area contributed by atoms with E-state index in [1.54, 1.807) is 0 Å². The van der Waals surface area contributed by atoms with Gasteiger partial charge >= 0.3 is 5.69 Å². The molecule has 12 heavy (non-hydrogen) atoms. The summed E-state index contributed by atoms with van der Waals surface area (Å²) in [6.07, 6.45) is 0. The van der Waals surface area contributed by atoms with E-state index in [1.165, 1.54) is 0 Å². The van der Waals surface area contributed by atoms with Crippen LogP contribution in [0.3, 0.4) is 0 Å². The first-order chi connectivity index (χ1) is 5.68. The van der Waals surface area contributed by atoms with Gasteiger partial charge in [-0.1, -0.05) is 0 Å². The van der Waals surface area contributed by atoms with E-state index in [2.05, 4.69) is 15.2 Å². The normalized spacial score (nSPS) is 10.7. The number of fused-ring (bicyclic) bond motifs is 1. The van der Waals surface area contributed by atoms with Crippen LogP contribution in [0.15, 0.2) is 14.4 Å². The lowest BCUT2D eigenvalue weighted by molar-refractivity contribution is 1.06. The Bertz CT molecular complexity index is 583. The van der Waals surface area contributed by atoms with Crippen LogP contribution < -0.4 is 16.8 Å². The molecule has 0 radical (unpaired) electrons. The van der Waals surface area contributed by atoms with Crippen molar-refractivity contribution >= 4 is 11.0 Å². The minimum atomic E-state index is -0.697. The zero-order valence-corrected chi connectivity index (χ0v) is 5.72. The molecule has 7 nitrogen and oxygen atoms in total. The first-order valence-corrected chi connectivity index (χ1v) is 3.11. The molecule has 0 fully saturated rings. The molecule has 2 heterocycles. The summed E-state index contributed by atoms with van der Waals surface area (Å²) in [5.41, 5.74) is -1.83. The van der Waals surface area contributed by atoms with Gasteiger partial charge in [0.25, 0.3) is 11.1 Å². The molecule has 0 atom stereocenters.